The van der Waals surface area contributed by atoms with E-state index in [-0.39, 0.29) is 54.0 Å². The molecule has 3 amide bonds. The monoisotopic (exact) mass is 475 g/mol. The van der Waals surface area contributed by atoms with Crippen LogP contribution in [0.2, 0.25) is 0 Å². The number of terminal acetylenes is 1. The standard InChI is InChI=1S/C29H37N3O3/c1-3-8-20(9-4-2)12-13-24(18-21-10-6-5-7-11-21)29(35)31-19-25(33)32-27-23-16-14-22(15-17-23)26(27)28(30)34/h1,4-11,22-24,26-27H,12-19H2,2H3,(H2,30,34)(H,31,35)(H,32,33)/b9-4-,20-8+. The molecule has 1 aromatic carbocycles. The number of primary amides is 1. The van der Waals surface area contributed by atoms with E-state index in [0.29, 0.717) is 19.3 Å². The molecule has 3 aliphatic carbocycles. The minimum atomic E-state index is -0.339. The molecule has 0 aliphatic heterocycles. The van der Waals surface area contributed by atoms with Crippen molar-refractivity contribution < 1.29 is 14.4 Å². The molecule has 1 aromatic rings. The van der Waals surface area contributed by atoms with Gasteiger partial charge in [-0.3, -0.25) is 14.4 Å². The Morgan fingerprint density at radius 2 is 1.83 bits per heavy atom. The van der Waals surface area contributed by atoms with Crippen LogP contribution in [0.25, 0.3) is 0 Å². The van der Waals surface area contributed by atoms with E-state index in [1.807, 2.05) is 49.4 Å². The highest BCUT2D eigenvalue weighted by molar-refractivity contribution is 5.87. The quantitative estimate of drug-likeness (QED) is 0.338. The molecule has 35 heavy (non-hydrogen) atoms. The van der Waals surface area contributed by atoms with Gasteiger partial charge >= 0.3 is 0 Å². The maximum absolute atomic E-state index is 13.1. The highest BCUT2D eigenvalue weighted by Crippen LogP contribution is 2.45. The first-order valence-electron chi connectivity index (χ1n) is 12.6. The molecule has 6 nitrogen and oxygen atoms in total. The molecular weight excluding hydrogens is 438 g/mol. The zero-order valence-electron chi connectivity index (χ0n) is 20.5. The number of nitrogens with two attached hydrogens (primary N) is 1. The Morgan fingerprint density at radius 1 is 1.14 bits per heavy atom. The van der Waals surface area contributed by atoms with Crippen LogP contribution in [0.4, 0.5) is 0 Å². The molecule has 3 atom stereocenters. The summed E-state index contributed by atoms with van der Waals surface area (Å²) in [5, 5.41) is 5.84. The second kappa shape index (κ2) is 12.9. The normalized spacial score (nSPS) is 24.5. The summed E-state index contributed by atoms with van der Waals surface area (Å²) in [5.74, 6) is 1.67. The Kier molecular flexibility index (Phi) is 9.72. The van der Waals surface area contributed by atoms with Crippen LogP contribution in [0.3, 0.4) is 0 Å². The van der Waals surface area contributed by atoms with Gasteiger partial charge in [0.2, 0.25) is 17.7 Å². The van der Waals surface area contributed by atoms with Crippen molar-refractivity contribution in [2.24, 2.45) is 29.4 Å². The fraction of sp³-hybridized carbons (Fsp3) is 0.483. The molecule has 4 rings (SSSR count). The smallest absolute Gasteiger partial charge is 0.239 e. The van der Waals surface area contributed by atoms with Crippen molar-refractivity contribution in [1.82, 2.24) is 10.6 Å². The van der Waals surface area contributed by atoms with Gasteiger partial charge in [-0.15, -0.1) is 6.42 Å². The largest absolute Gasteiger partial charge is 0.369 e. The summed E-state index contributed by atoms with van der Waals surface area (Å²) in [7, 11) is 0. The number of carbonyl (C=O) groups excluding carboxylic acids is 3. The summed E-state index contributed by atoms with van der Waals surface area (Å²) in [6.45, 7) is 1.81. The Labute approximate surface area is 208 Å². The molecule has 3 unspecified atom stereocenters. The van der Waals surface area contributed by atoms with Crippen LogP contribution in [0.5, 0.6) is 0 Å². The van der Waals surface area contributed by atoms with Gasteiger partial charge < -0.3 is 16.4 Å². The van der Waals surface area contributed by atoms with Crippen LogP contribution >= 0.6 is 0 Å². The van der Waals surface area contributed by atoms with E-state index < -0.39 is 0 Å². The van der Waals surface area contributed by atoms with Gasteiger partial charge in [0.05, 0.1) is 12.5 Å². The fourth-order valence-corrected chi connectivity index (χ4v) is 5.71. The third-order valence-corrected chi connectivity index (χ3v) is 7.43. The van der Waals surface area contributed by atoms with Crippen molar-refractivity contribution in [3.05, 3.63) is 59.7 Å². The maximum Gasteiger partial charge on any atom is 0.239 e. The van der Waals surface area contributed by atoms with Crippen LogP contribution in [-0.4, -0.2) is 30.3 Å². The lowest BCUT2D eigenvalue weighted by molar-refractivity contribution is -0.133. The first-order chi connectivity index (χ1) is 16.9. The molecule has 3 aliphatic rings. The minimum absolute atomic E-state index is 0.120. The van der Waals surface area contributed by atoms with E-state index in [9.17, 15) is 14.4 Å². The third-order valence-electron chi connectivity index (χ3n) is 7.43. The van der Waals surface area contributed by atoms with Gasteiger partial charge in [0.1, 0.15) is 0 Å². The van der Waals surface area contributed by atoms with Gasteiger partial charge in [0, 0.05) is 12.0 Å². The van der Waals surface area contributed by atoms with Crippen molar-refractivity contribution in [2.45, 2.75) is 57.9 Å². The van der Waals surface area contributed by atoms with Crippen LogP contribution in [0.1, 0.15) is 51.0 Å². The molecule has 186 valence electrons. The second-order valence-corrected chi connectivity index (χ2v) is 9.73. The summed E-state index contributed by atoms with van der Waals surface area (Å²) in [6.07, 6.45) is 16.9. The van der Waals surface area contributed by atoms with E-state index in [4.69, 9.17) is 12.2 Å². The zero-order valence-corrected chi connectivity index (χ0v) is 20.5. The molecule has 2 bridgehead atoms. The van der Waals surface area contributed by atoms with E-state index in [1.54, 1.807) is 6.08 Å². The molecule has 4 N–H and O–H groups in total. The van der Waals surface area contributed by atoms with Gasteiger partial charge in [-0.05, 0) is 80.9 Å². The summed E-state index contributed by atoms with van der Waals surface area (Å²) in [6, 6.07) is 9.61. The second-order valence-electron chi connectivity index (χ2n) is 9.73. The van der Waals surface area contributed by atoms with Crippen molar-refractivity contribution in [3.63, 3.8) is 0 Å². The lowest BCUT2D eigenvalue weighted by Crippen LogP contribution is -2.58. The van der Waals surface area contributed by atoms with E-state index in [0.717, 1.165) is 36.8 Å². The number of hydrogen-bond donors (Lipinski definition) is 3. The molecule has 0 aromatic heterocycles. The van der Waals surface area contributed by atoms with Crippen LogP contribution in [0.15, 0.2) is 54.1 Å². The average molecular weight is 476 g/mol. The Bertz CT molecular complexity index is 984. The molecule has 0 spiro atoms. The van der Waals surface area contributed by atoms with Gasteiger partial charge in [0.25, 0.3) is 0 Å². The summed E-state index contributed by atoms with van der Waals surface area (Å²) in [4.78, 5) is 38.0. The predicted molar refractivity (Wildman–Crippen MR) is 138 cm³/mol. The average Bonchev–Trinajstić information content (AvgIpc) is 2.86. The van der Waals surface area contributed by atoms with Crippen LogP contribution in [0, 0.1) is 36.0 Å². The highest BCUT2D eigenvalue weighted by atomic mass is 16.2. The molecule has 0 saturated heterocycles. The Hall–Kier alpha value is -3.33. The number of allylic oxidation sites excluding steroid dienone is 4. The van der Waals surface area contributed by atoms with Crippen molar-refractivity contribution in [2.75, 3.05) is 6.54 Å². The summed E-state index contributed by atoms with van der Waals surface area (Å²) in [5.41, 5.74) is 7.73. The van der Waals surface area contributed by atoms with Crippen LogP contribution < -0.4 is 16.4 Å². The topological polar surface area (TPSA) is 101 Å². The first kappa shape index (κ1) is 26.3. The molecule has 6 heteroatoms. The number of nitrogens with one attached hydrogen (secondary N) is 2. The van der Waals surface area contributed by atoms with E-state index in [2.05, 4.69) is 16.6 Å². The number of rotatable bonds is 11. The third kappa shape index (κ3) is 7.32. The Morgan fingerprint density at radius 3 is 2.46 bits per heavy atom. The SMILES string of the molecule is C#C/C=C(\C=C/C)CCC(Cc1ccccc1)C(=O)NCC(=O)NC1C2CCC(CC2)C1C(N)=O. The van der Waals surface area contributed by atoms with Gasteiger partial charge in [0.15, 0.2) is 0 Å². The Balaban J connectivity index is 1.60. The molecular formula is C29H37N3O3. The number of amides is 3. The number of hydrogen-bond acceptors (Lipinski definition) is 3. The predicted octanol–water partition coefficient (Wildman–Crippen LogP) is 3.28. The van der Waals surface area contributed by atoms with Crippen LogP contribution in [-0.2, 0) is 20.8 Å². The number of carbonyl (C=O) groups is 3. The summed E-state index contributed by atoms with van der Waals surface area (Å²) >= 11 is 0. The molecule has 3 fully saturated rings. The molecule has 3 saturated carbocycles. The molecule has 0 radical (unpaired) electrons. The van der Waals surface area contributed by atoms with E-state index in [1.165, 1.54) is 0 Å². The maximum atomic E-state index is 13.1. The van der Waals surface area contributed by atoms with Gasteiger partial charge in [-0.1, -0.05) is 48.4 Å². The molecule has 0 heterocycles. The summed E-state index contributed by atoms with van der Waals surface area (Å²) < 4.78 is 0. The van der Waals surface area contributed by atoms with Crippen molar-refractivity contribution in [1.29, 1.82) is 0 Å². The zero-order chi connectivity index (χ0) is 25.2. The van der Waals surface area contributed by atoms with Crippen molar-refractivity contribution in [3.8, 4) is 12.3 Å². The van der Waals surface area contributed by atoms with Crippen molar-refractivity contribution >= 4 is 17.7 Å². The first-order valence-corrected chi connectivity index (χ1v) is 12.6. The van der Waals surface area contributed by atoms with Gasteiger partial charge in [-0.25, -0.2) is 0 Å². The fourth-order valence-electron chi connectivity index (χ4n) is 5.71. The minimum Gasteiger partial charge on any atom is -0.369 e. The lowest BCUT2D eigenvalue weighted by Gasteiger charge is -2.47. The number of benzene rings is 1. The number of fused-ring (bicyclic) bond motifs is 3. The lowest BCUT2D eigenvalue weighted by atomic mass is 9.61. The highest BCUT2D eigenvalue weighted by Gasteiger charge is 2.46. The van der Waals surface area contributed by atoms with E-state index >= 15 is 0 Å². The van der Waals surface area contributed by atoms with Gasteiger partial charge in [-0.2, -0.15) is 0 Å².